The van der Waals surface area contributed by atoms with E-state index in [-0.39, 0.29) is 18.3 Å². The van der Waals surface area contributed by atoms with E-state index in [9.17, 15) is 4.79 Å². The molecule has 0 bridgehead atoms. The molecule has 1 N–H and O–H groups in total. The SMILES string of the molecule is CCOC(=O)CCCNC(C)C(OC)OC. The zero-order valence-electron chi connectivity index (χ0n) is 10.6. The van der Waals surface area contributed by atoms with Gasteiger partial charge in [0, 0.05) is 20.6 Å². The van der Waals surface area contributed by atoms with Crippen molar-refractivity contribution in [3.63, 3.8) is 0 Å². The fourth-order valence-electron chi connectivity index (χ4n) is 1.40. The third kappa shape index (κ3) is 6.76. The maximum absolute atomic E-state index is 11.0. The van der Waals surface area contributed by atoms with Crippen molar-refractivity contribution >= 4 is 5.97 Å². The summed E-state index contributed by atoms with van der Waals surface area (Å²) in [6.45, 7) is 4.96. The molecule has 0 radical (unpaired) electrons. The first-order valence-corrected chi connectivity index (χ1v) is 5.60. The number of esters is 1. The fourth-order valence-corrected chi connectivity index (χ4v) is 1.40. The predicted molar refractivity (Wildman–Crippen MR) is 61.1 cm³/mol. The first-order chi connectivity index (χ1) is 7.65. The van der Waals surface area contributed by atoms with E-state index in [4.69, 9.17) is 14.2 Å². The van der Waals surface area contributed by atoms with E-state index in [0.717, 1.165) is 13.0 Å². The molecule has 1 unspecified atom stereocenters. The molecule has 16 heavy (non-hydrogen) atoms. The van der Waals surface area contributed by atoms with Gasteiger partial charge in [0.1, 0.15) is 0 Å². The van der Waals surface area contributed by atoms with Crippen molar-refractivity contribution < 1.29 is 19.0 Å². The lowest BCUT2D eigenvalue weighted by Crippen LogP contribution is -2.40. The van der Waals surface area contributed by atoms with Gasteiger partial charge in [-0.15, -0.1) is 0 Å². The quantitative estimate of drug-likeness (QED) is 0.365. The zero-order valence-corrected chi connectivity index (χ0v) is 10.6. The summed E-state index contributed by atoms with van der Waals surface area (Å²) in [6, 6.07) is 0.0946. The van der Waals surface area contributed by atoms with Gasteiger partial charge in [-0.1, -0.05) is 0 Å². The van der Waals surface area contributed by atoms with Crippen LogP contribution in [-0.2, 0) is 19.0 Å². The highest BCUT2D eigenvalue weighted by Gasteiger charge is 2.14. The first-order valence-electron chi connectivity index (χ1n) is 5.60. The van der Waals surface area contributed by atoms with Crippen molar-refractivity contribution in [2.24, 2.45) is 0 Å². The molecule has 0 heterocycles. The number of hydrogen-bond acceptors (Lipinski definition) is 5. The Morgan fingerprint density at radius 3 is 2.44 bits per heavy atom. The van der Waals surface area contributed by atoms with Crippen LogP contribution in [0.25, 0.3) is 0 Å². The van der Waals surface area contributed by atoms with Crippen molar-refractivity contribution in [3.05, 3.63) is 0 Å². The van der Waals surface area contributed by atoms with Gasteiger partial charge >= 0.3 is 5.97 Å². The Kier molecular flexibility index (Phi) is 9.18. The fraction of sp³-hybridized carbons (Fsp3) is 0.909. The number of carbonyl (C=O) groups excluding carboxylic acids is 1. The molecule has 5 nitrogen and oxygen atoms in total. The highest BCUT2D eigenvalue weighted by atomic mass is 16.7. The number of rotatable bonds is 9. The van der Waals surface area contributed by atoms with Gasteiger partial charge in [-0.25, -0.2) is 0 Å². The number of hydrogen-bond donors (Lipinski definition) is 1. The van der Waals surface area contributed by atoms with Gasteiger partial charge in [-0.2, -0.15) is 0 Å². The van der Waals surface area contributed by atoms with Crippen LogP contribution < -0.4 is 5.32 Å². The summed E-state index contributed by atoms with van der Waals surface area (Å²) in [7, 11) is 3.20. The van der Waals surface area contributed by atoms with Gasteiger partial charge in [0.15, 0.2) is 6.29 Å². The van der Waals surface area contributed by atoms with E-state index in [1.165, 1.54) is 0 Å². The summed E-state index contributed by atoms with van der Waals surface area (Å²) >= 11 is 0. The molecule has 0 aliphatic carbocycles. The maximum Gasteiger partial charge on any atom is 0.305 e. The average Bonchev–Trinajstić information content (AvgIpc) is 2.26. The summed E-state index contributed by atoms with van der Waals surface area (Å²) in [5.74, 6) is -0.146. The minimum Gasteiger partial charge on any atom is -0.466 e. The van der Waals surface area contributed by atoms with Crippen LogP contribution in [0.4, 0.5) is 0 Å². The van der Waals surface area contributed by atoms with Crippen LogP contribution in [0, 0.1) is 0 Å². The third-order valence-electron chi connectivity index (χ3n) is 2.20. The minimum absolute atomic E-state index is 0.0946. The van der Waals surface area contributed by atoms with Crippen LogP contribution in [0.1, 0.15) is 26.7 Å². The monoisotopic (exact) mass is 233 g/mol. The molecule has 0 aromatic rings. The lowest BCUT2D eigenvalue weighted by molar-refractivity contribution is -0.143. The van der Waals surface area contributed by atoms with E-state index in [0.29, 0.717) is 13.0 Å². The Morgan fingerprint density at radius 2 is 1.94 bits per heavy atom. The van der Waals surface area contributed by atoms with Crippen LogP contribution >= 0.6 is 0 Å². The molecular formula is C11H23NO4. The van der Waals surface area contributed by atoms with Crippen molar-refractivity contribution in [1.29, 1.82) is 0 Å². The molecule has 0 fully saturated rings. The van der Waals surface area contributed by atoms with Gasteiger partial charge in [0.25, 0.3) is 0 Å². The smallest absolute Gasteiger partial charge is 0.305 e. The van der Waals surface area contributed by atoms with Gasteiger partial charge in [0.2, 0.25) is 0 Å². The van der Waals surface area contributed by atoms with E-state index < -0.39 is 0 Å². The normalized spacial score (nSPS) is 12.8. The highest BCUT2D eigenvalue weighted by Crippen LogP contribution is 1.99. The summed E-state index contributed by atoms with van der Waals surface area (Å²) < 4.78 is 15.0. The molecule has 0 aromatic carbocycles. The van der Waals surface area contributed by atoms with Crippen LogP contribution in [0.15, 0.2) is 0 Å². The third-order valence-corrected chi connectivity index (χ3v) is 2.20. The van der Waals surface area contributed by atoms with E-state index in [2.05, 4.69) is 5.32 Å². The number of nitrogens with one attached hydrogen (secondary N) is 1. The van der Waals surface area contributed by atoms with Gasteiger partial charge in [-0.05, 0) is 26.8 Å². The van der Waals surface area contributed by atoms with Crippen molar-refractivity contribution in [1.82, 2.24) is 5.32 Å². The molecule has 0 aliphatic heterocycles. The molecule has 0 amide bonds. The summed E-state index contributed by atoms with van der Waals surface area (Å²) in [5, 5.41) is 3.22. The second-order valence-corrected chi connectivity index (χ2v) is 3.49. The van der Waals surface area contributed by atoms with E-state index >= 15 is 0 Å². The topological polar surface area (TPSA) is 56.8 Å². The molecule has 0 spiro atoms. The first kappa shape index (κ1) is 15.3. The Labute approximate surface area is 97.4 Å². The lowest BCUT2D eigenvalue weighted by Gasteiger charge is -2.22. The van der Waals surface area contributed by atoms with Gasteiger partial charge < -0.3 is 19.5 Å². The van der Waals surface area contributed by atoms with Crippen LogP contribution in [0.5, 0.6) is 0 Å². The van der Waals surface area contributed by atoms with Crippen LogP contribution in [-0.4, -0.2) is 45.7 Å². The van der Waals surface area contributed by atoms with Crippen LogP contribution in [0.2, 0.25) is 0 Å². The Hall–Kier alpha value is -0.650. The molecule has 0 saturated carbocycles. The molecule has 96 valence electrons. The maximum atomic E-state index is 11.0. The minimum atomic E-state index is -0.261. The predicted octanol–water partition coefficient (Wildman–Crippen LogP) is 0.927. The van der Waals surface area contributed by atoms with Gasteiger partial charge in [-0.3, -0.25) is 4.79 Å². The number of carbonyl (C=O) groups is 1. The largest absolute Gasteiger partial charge is 0.466 e. The number of ether oxygens (including phenoxy) is 3. The summed E-state index contributed by atoms with van der Waals surface area (Å²) in [6.07, 6.45) is 0.934. The molecule has 0 aliphatic rings. The lowest BCUT2D eigenvalue weighted by atomic mass is 10.2. The molecule has 0 rings (SSSR count). The van der Waals surface area contributed by atoms with Crippen molar-refractivity contribution in [2.75, 3.05) is 27.4 Å². The summed E-state index contributed by atoms with van der Waals surface area (Å²) in [4.78, 5) is 11.0. The zero-order chi connectivity index (χ0) is 12.4. The van der Waals surface area contributed by atoms with Gasteiger partial charge in [0.05, 0.1) is 12.6 Å². The summed E-state index contributed by atoms with van der Waals surface area (Å²) in [5.41, 5.74) is 0. The van der Waals surface area contributed by atoms with Crippen molar-refractivity contribution in [3.8, 4) is 0 Å². The molecule has 0 aromatic heterocycles. The second-order valence-electron chi connectivity index (χ2n) is 3.49. The number of methoxy groups -OCH3 is 2. The molecule has 5 heteroatoms. The Bertz CT molecular complexity index is 183. The van der Waals surface area contributed by atoms with E-state index in [1.807, 2.05) is 6.92 Å². The van der Waals surface area contributed by atoms with Crippen LogP contribution in [0.3, 0.4) is 0 Å². The molecular weight excluding hydrogens is 210 g/mol. The Morgan fingerprint density at radius 1 is 1.31 bits per heavy atom. The Balaban J connectivity index is 3.54. The van der Waals surface area contributed by atoms with E-state index in [1.54, 1.807) is 21.1 Å². The second kappa shape index (κ2) is 9.57. The van der Waals surface area contributed by atoms with Crippen molar-refractivity contribution in [2.45, 2.75) is 39.0 Å². The highest BCUT2D eigenvalue weighted by molar-refractivity contribution is 5.69. The molecule has 1 atom stereocenters. The standard InChI is InChI=1S/C11H23NO4/c1-5-16-10(13)7-6-8-12-9(2)11(14-3)15-4/h9,11-12H,5-8H2,1-4H3. The molecule has 0 saturated heterocycles. The average molecular weight is 233 g/mol.